The van der Waals surface area contributed by atoms with Gasteiger partial charge in [0, 0.05) is 40.4 Å². The van der Waals surface area contributed by atoms with E-state index < -0.39 is 0 Å². The first kappa shape index (κ1) is 17.7. The van der Waals surface area contributed by atoms with Crippen LogP contribution in [0.5, 0.6) is 0 Å². The van der Waals surface area contributed by atoms with Gasteiger partial charge < -0.3 is 20.3 Å². The second-order valence-electron chi connectivity index (χ2n) is 4.68. The molecule has 19 heavy (non-hydrogen) atoms. The summed E-state index contributed by atoms with van der Waals surface area (Å²) in [5, 5.41) is 6.47. The van der Waals surface area contributed by atoms with Gasteiger partial charge in [-0.05, 0) is 19.8 Å². The molecular weight excluding hydrogens is 244 g/mol. The summed E-state index contributed by atoms with van der Waals surface area (Å²) in [6.45, 7) is 5.82. The standard InChI is InChI=1S/C13H28N4O2/c1-6-11(2)16-13(14-8-7-9-19-5)15-10-12(18)17(3)4/h11H,6-10H2,1-5H3,(H2,14,15,16). The maximum atomic E-state index is 11.5. The molecule has 0 aromatic heterocycles. The molecule has 0 radical (unpaired) electrons. The molecule has 0 rings (SSSR count). The van der Waals surface area contributed by atoms with E-state index in [0.29, 0.717) is 18.6 Å². The number of likely N-dealkylation sites (N-methyl/N-ethyl adjacent to an activating group) is 1. The Kier molecular flexibility index (Phi) is 9.88. The Morgan fingerprint density at radius 2 is 2.11 bits per heavy atom. The third-order valence-corrected chi connectivity index (χ3v) is 2.68. The molecular formula is C13H28N4O2. The van der Waals surface area contributed by atoms with Crippen LogP contribution in [0, 0.1) is 0 Å². The van der Waals surface area contributed by atoms with Gasteiger partial charge in [0.25, 0.3) is 0 Å². The smallest absolute Gasteiger partial charge is 0.243 e. The summed E-state index contributed by atoms with van der Waals surface area (Å²) in [5.74, 6) is 0.669. The van der Waals surface area contributed by atoms with Gasteiger partial charge >= 0.3 is 0 Å². The second kappa shape index (κ2) is 10.6. The zero-order chi connectivity index (χ0) is 14.7. The van der Waals surface area contributed by atoms with Crippen LogP contribution in [0.4, 0.5) is 0 Å². The molecule has 0 aromatic rings. The Labute approximate surface area is 116 Å². The van der Waals surface area contributed by atoms with E-state index in [1.54, 1.807) is 21.2 Å². The number of rotatable bonds is 8. The number of aliphatic imine (C=N–C) groups is 1. The highest BCUT2D eigenvalue weighted by molar-refractivity contribution is 5.84. The maximum Gasteiger partial charge on any atom is 0.243 e. The molecule has 1 atom stereocenters. The predicted octanol–water partition coefficient (Wildman–Crippen LogP) is 0.445. The summed E-state index contributed by atoms with van der Waals surface area (Å²) in [5.41, 5.74) is 0. The van der Waals surface area contributed by atoms with E-state index in [1.165, 1.54) is 4.90 Å². The third kappa shape index (κ3) is 9.30. The minimum Gasteiger partial charge on any atom is -0.385 e. The molecule has 0 aliphatic rings. The fourth-order valence-corrected chi connectivity index (χ4v) is 1.20. The lowest BCUT2D eigenvalue weighted by Crippen LogP contribution is -2.43. The van der Waals surface area contributed by atoms with E-state index >= 15 is 0 Å². The first-order valence-corrected chi connectivity index (χ1v) is 6.75. The molecule has 2 N–H and O–H groups in total. The minimum absolute atomic E-state index is 0.0119. The van der Waals surface area contributed by atoms with E-state index in [-0.39, 0.29) is 12.5 Å². The molecule has 0 aliphatic heterocycles. The molecule has 0 spiro atoms. The van der Waals surface area contributed by atoms with Crippen LogP contribution >= 0.6 is 0 Å². The summed E-state index contributed by atoms with van der Waals surface area (Å²) in [4.78, 5) is 17.4. The van der Waals surface area contributed by atoms with Gasteiger partial charge in [0.05, 0.1) is 0 Å². The van der Waals surface area contributed by atoms with Crippen LogP contribution in [0.2, 0.25) is 0 Å². The second-order valence-corrected chi connectivity index (χ2v) is 4.68. The van der Waals surface area contributed by atoms with Crippen molar-refractivity contribution >= 4 is 11.9 Å². The number of hydrogen-bond acceptors (Lipinski definition) is 3. The normalized spacial score (nSPS) is 13.0. The summed E-state index contributed by atoms with van der Waals surface area (Å²) in [6, 6.07) is 0.322. The maximum absolute atomic E-state index is 11.5. The highest BCUT2D eigenvalue weighted by Crippen LogP contribution is 1.89. The van der Waals surface area contributed by atoms with Crippen molar-refractivity contribution in [3.63, 3.8) is 0 Å². The van der Waals surface area contributed by atoms with Gasteiger partial charge in [0.15, 0.2) is 5.96 Å². The van der Waals surface area contributed by atoms with Gasteiger partial charge in [-0.2, -0.15) is 0 Å². The Morgan fingerprint density at radius 1 is 1.42 bits per heavy atom. The fraction of sp³-hybridized carbons (Fsp3) is 0.846. The van der Waals surface area contributed by atoms with E-state index in [0.717, 1.165) is 19.4 Å². The van der Waals surface area contributed by atoms with Crippen molar-refractivity contribution in [2.45, 2.75) is 32.7 Å². The zero-order valence-corrected chi connectivity index (χ0v) is 12.8. The van der Waals surface area contributed by atoms with Crippen LogP contribution in [-0.4, -0.2) is 63.7 Å². The molecule has 0 aromatic carbocycles. The predicted molar refractivity (Wildman–Crippen MR) is 78.4 cm³/mol. The average molecular weight is 272 g/mol. The van der Waals surface area contributed by atoms with Crippen molar-refractivity contribution in [3.8, 4) is 0 Å². The van der Waals surface area contributed by atoms with Gasteiger partial charge in [0.1, 0.15) is 6.54 Å². The summed E-state index contributed by atoms with van der Waals surface area (Å²) >= 11 is 0. The quantitative estimate of drug-likeness (QED) is 0.382. The lowest BCUT2D eigenvalue weighted by molar-refractivity contribution is -0.127. The number of nitrogens with zero attached hydrogens (tertiary/aromatic N) is 2. The zero-order valence-electron chi connectivity index (χ0n) is 12.8. The average Bonchev–Trinajstić information content (AvgIpc) is 2.39. The number of guanidine groups is 1. The Bertz CT molecular complexity index is 280. The van der Waals surface area contributed by atoms with Crippen molar-refractivity contribution in [1.29, 1.82) is 0 Å². The first-order valence-electron chi connectivity index (χ1n) is 6.75. The largest absolute Gasteiger partial charge is 0.385 e. The van der Waals surface area contributed by atoms with Gasteiger partial charge in [-0.3, -0.25) is 4.79 Å². The molecule has 6 heteroatoms. The first-order chi connectivity index (χ1) is 9.01. The van der Waals surface area contributed by atoms with Crippen LogP contribution in [0.25, 0.3) is 0 Å². The summed E-state index contributed by atoms with van der Waals surface area (Å²) < 4.78 is 4.99. The van der Waals surface area contributed by atoms with Crippen LogP contribution in [0.3, 0.4) is 0 Å². The van der Waals surface area contributed by atoms with Crippen LogP contribution in [0.1, 0.15) is 26.7 Å². The number of methoxy groups -OCH3 is 1. The van der Waals surface area contributed by atoms with Gasteiger partial charge in [-0.1, -0.05) is 6.92 Å². The van der Waals surface area contributed by atoms with E-state index in [4.69, 9.17) is 4.74 Å². The highest BCUT2D eigenvalue weighted by Gasteiger charge is 2.06. The summed E-state index contributed by atoms with van der Waals surface area (Å²) in [6.07, 6.45) is 1.90. The third-order valence-electron chi connectivity index (χ3n) is 2.68. The number of hydrogen-bond donors (Lipinski definition) is 2. The van der Waals surface area contributed by atoms with Crippen LogP contribution < -0.4 is 10.6 Å². The molecule has 6 nitrogen and oxygen atoms in total. The Balaban J connectivity index is 4.30. The number of carbonyl (C=O) groups excluding carboxylic acids is 1. The Hall–Kier alpha value is -1.30. The van der Waals surface area contributed by atoms with Crippen molar-refractivity contribution in [1.82, 2.24) is 15.5 Å². The van der Waals surface area contributed by atoms with E-state index in [9.17, 15) is 4.79 Å². The van der Waals surface area contributed by atoms with Crippen molar-refractivity contribution < 1.29 is 9.53 Å². The van der Waals surface area contributed by atoms with Crippen molar-refractivity contribution in [2.75, 3.05) is 40.9 Å². The molecule has 0 bridgehead atoms. The monoisotopic (exact) mass is 272 g/mol. The van der Waals surface area contributed by atoms with Gasteiger partial charge in [-0.25, -0.2) is 4.99 Å². The topological polar surface area (TPSA) is 66.0 Å². The number of amides is 1. The molecule has 112 valence electrons. The minimum atomic E-state index is -0.0119. The SMILES string of the molecule is CCC(C)NC(=NCC(=O)N(C)C)NCCCOC. The highest BCUT2D eigenvalue weighted by atomic mass is 16.5. The fourth-order valence-electron chi connectivity index (χ4n) is 1.20. The molecule has 0 saturated heterocycles. The molecule has 0 fully saturated rings. The molecule has 1 unspecified atom stereocenters. The van der Waals surface area contributed by atoms with Crippen LogP contribution in [0.15, 0.2) is 4.99 Å². The molecule has 1 amide bonds. The van der Waals surface area contributed by atoms with Crippen molar-refractivity contribution in [2.24, 2.45) is 4.99 Å². The van der Waals surface area contributed by atoms with Gasteiger partial charge in [-0.15, -0.1) is 0 Å². The van der Waals surface area contributed by atoms with Crippen molar-refractivity contribution in [3.05, 3.63) is 0 Å². The summed E-state index contributed by atoms with van der Waals surface area (Å²) in [7, 11) is 5.14. The van der Waals surface area contributed by atoms with Crippen LogP contribution in [-0.2, 0) is 9.53 Å². The lowest BCUT2D eigenvalue weighted by Gasteiger charge is -2.17. The van der Waals surface area contributed by atoms with E-state index in [1.807, 2.05) is 0 Å². The van der Waals surface area contributed by atoms with Gasteiger partial charge in [0.2, 0.25) is 5.91 Å². The lowest BCUT2D eigenvalue weighted by atomic mass is 10.3. The molecule has 0 saturated carbocycles. The number of nitrogens with one attached hydrogen (secondary N) is 2. The Morgan fingerprint density at radius 3 is 2.63 bits per heavy atom. The number of carbonyl (C=O) groups is 1. The number of ether oxygens (including phenoxy) is 1. The van der Waals surface area contributed by atoms with E-state index in [2.05, 4.69) is 29.5 Å². The molecule has 0 heterocycles. The molecule has 0 aliphatic carbocycles.